The number of hydrogen-bond donors (Lipinski definition) is 0. The lowest BCUT2D eigenvalue weighted by Gasteiger charge is -2.55. The van der Waals surface area contributed by atoms with Gasteiger partial charge >= 0.3 is 0 Å². The van der Waals surface area contributed by atoms with Gasteiger partial charge in [-0.25, -0.2) is 0 Å². The van der Waals surface area contributed by atoms with Crippen LogP contribution in [0.25, 0.3) is 0 Å². The van der Waals surface area contributed by atoms with Crippen molar-refractivity contribution in [1.82, 2.24) is 0 Å². The van der Waals surface area contributed by atoms with Crippen LogP contribution in [0.2, 0.25) is 0 Å². The maximum Gasteiger partial charge on any atom is 0.156 e. The van der Waals surface area contributed by atoms with Crippen molar-refractivity contribution in [2.24, 2.45) is 28.6 Å². The van der Waals surface area contributed by atoms with Gasteiger partial charge in [0.1, 0.15) is 0 Å². The third-order valence-corrected chi connectivity index (χ3v) is 7.38. The van der Waals surface area contributed by atoms with E-state index in [-0.39, 0.29) is 5.41 Å². The highest BCUT2D eigenvalue weighted by Gasteiger charge is 2.55. The fourth-order valence-corrected chi connectivity index (χ4v) is 5.92. The number of ketones is 1. The number of carbonyl (C=O) groups is 1. The molecule has 4 rings (SSSR count). The zero-order chi connectivity index (χ0) is 15.5. The summed E-state index contributed by atoms with van der Waals surface area (Å²) < 4.78 is 0. The molecule has 116 valence electrons. The molecule has 4 aliphatic rings. The van der Waals surface area contributed by atoms with Gasteiger partial charge in [0.05, 0.1) is 0 Å². The normalized spacial score (nSPS) is 46.3. The molecule has 0 heterocycles. The van der Waals surface area contributed by atoms with Crippen molar-refractivity contribution in [3.63, 3.8) is 0 Å². The smallest absolute Gasteiger partial charge is 0.156 e. The summed E-state index contributed by atoms with van der Waals surface area (Å²) in [6, 6.07) is 0. The maximum absolute atomic E-state index is 11.8. The number of allylic oxidation sites excluding steroid dienone is 7. The molecule has 5 atom stereocenters. The van der Waals surface area contributed by atoms with E-state index in [2.05, 4.69) is 44.7 Å². The molecule has 0 amide bonds. The lowest BCUT2D eigenvalue weighted by Crippen LogP contribution is -2.48. The van der Waals surface area contributed by atoms with Crippen LogP contribution in [0.1, 0.15) is 46.0 Å². The third kappa shape index (κ3) is 1.68. The molecule has 0 bridgehead atoms. The molecular weight excluding hydrogens is 268 g/mol. The summed E-state index contributed by atoms with van der Waals surface area (Å²) in [5.74, 6) is 2.38. The van der Waals surface area contributed by atoms with Gasteiger partial charge in [-0.15, -0.1) is 0 Å². The first kappa shape index (κ1) is 14.2. The fourth-order valence-electron chi connectivity index (χ4n) is 5.92. The minimum absolute atomic E-state index is 0.214. The molecule has 4 aliphatic carbocycles. The van der Waals surface area contributed by atoms with Crippen LogP contribution in [0, 0.1) is 28.6 Å². The molecule has 22 heavy (non-hydrogen) atoms. The van der Waals surface area contributed by atoms with Crippen LogP contribution < -0.4 is 0 Å². The molecule has 1 saturated carbocycles. The zero-order valence-corrected chi connectivity index (χ0v) is 13.8. The van der Waals surface area contributed by atoms with Crippen molar-refractivity contribution in [1.29, 1.82) is 0 Å². The van der Waals surface area contributed by atoms with Crippen LogP contribution in [0.3, 0.4) is 0 Å². The van der Waals surface area contributed by atoms with Crippen molar-refractivity contribution in [3.8, 4) is 0 Å². The van der Waals surface area contributed by atoms with Gasteiger partial charge in [0.2, 0.25) is 0 Å². The maximum atomic E-state index is 11.8. The molecule has 0 aliphatic heterocycles. The summed E-state index contributed by atoms with van der Waals surface area (Å²) in [6.45, 7) is 8.89. The van der Waals surface area contributed by atoms with Crippen molar-refractivity contribution >= 4 is 5.78 Å². The predicted molar refractivity (Wildman–Crippen MR) is 90.3 cm³/mol. The first-order valence-corrected chi connectivity index (χ1v) is 8.75. The lowest BCUT2D eigenvalue weighted by atomic mass is 9.49. The summed E-state index contributed by atoms with van der Waals surface area (Å²) in [7, 11) is 0. The zero-order valence-electron chi connectivity index (χ0n) is 13.8. The molecule has 0 aromatic carbocycles. The predicted octanol–water partition coefficient (Wildman–Crippen LogP) is 5.02. The van der Waals surface area contributed by atoms with Crippen LogP contribution in [0.4, 0.5) is 0 Å². The van der Waals surface area contributed by atoms with E-state index in [1.165, 1.54) is 30.4 Å². The number of carbonyl (C=O) groups excluding carboxylic acids is 1. The van der Waals surface area contributed by atoms with E-state index >= 15 is 0 Å². The standard InChI is InChI=1S/C21H26O/c1-4-14-6-8-18-17-7-5-15-13-16(22)9-11-21(15,3)19(17)10-12-20(14,18)2/h4-7,13,17-19H,1,8-12H2,2-3H3/t17?,18?,19?,20-,21+/m1/s1. The Morgan fingerprint density at radius 2 is 2.05 bits per heavy atom. The fraction of sp³-hybridized carbons (Fsp3) is 0.571. The Bertz CT molecular complexity index is 634. The highest BCUT2D eigenvalue weighted by molar-refractivity contribution is 5.92. The van der Waals surface area contributed by atoms with Gasteiger partial charge in [0.25, 0.3) is 0 Å². The van der Waals surface area contributed by atoms with Crippen molar-refractivity contribution in [2.45, 2.75) is 46.0 Å². The Hall–Kier alpha value is -1.37. The summed E-state index contributed by atoms with van der Waals surface area (Å²) in [4.78, 5) is 11.8. The molecule has 0 aromatic rings. The molecule has 0 spiro atoms. The van der Waals surface area contributed by atoms with E-state index in [1.807, 2.05) is 6.08 Å². The van der Waals surface area contributed by atoms with Gasteiger partial charge in [-0.2, -0.15) is 0 Å². The molecule has 0 N–H and O–H groups in total. The Labute approximate surface area is 133 Å². The summed E-state index contributed by atoms with van der Waals surface area (Å²) in [5, 5.41) is 0. The molecule has 0 aromatic heterocycles. The van der Waals surface area contributed by atoms with E-state index in [0.717, 1.165) is 12.8 Å². The molecular formula is C21H26O. The van der Waals surface area contributed by atoms with Crippen molar-refractivity contribution in [3.05, 3.63) is 48.1 Å². The number of hydrogen-bond acceptors (Lipinski definition) is 1. The van der Waals surface area contributed by atoms with Crippen LogP contribution >= 0.6 is 0 Å². The van der Waals surface area contributed by atoms with Crippen molar-refractivity contribution < 1.29 is 4.79 Å². The van der Waals surface area contributed by atoms with E-state index < -0.39 is 0 Å². The van der Waals surface area contributed by atoms with Crippen LogP contribution in [-0.4, -0.2) is 5.78 Å². The van der Waals surface area contributed by atoms with Gasteiger partial charge in [-0.3, -0.25) is 4.79 Å². The Kier molecular flexibility index (Phi) is 2.95. The molecule has 1 fully saturated rings. The van der Waals surface area contributed by atoms with Gasteiger partial charge in [0, 0.05) is 6.42 Å². The molecule has 3 unspecified atom stereocenters. The second-order valence-electron chi connectivity index (χ2n) is 8.19. The van der Waals surface area contributed by atoms with Crippen LogP contribution in [-0.2, 0) is 4.79 Å². The van der Waals surface area contributed by atoms with Crippen molar-refractivity contribution in [2.75, 3.05) is 0 Å². The minimum Gasteiger partial charge on any atom is -0.295 e. The monoisotopic (exact) mass is 294 g/mol. The van der Waals surface area contributed by atoms with Crippen LogP contribution in [0.15, 0.2) is 48.1 Å². The number of fused-ring (bicyclic) bond motifs is 5. The van der Waals surface area contributed by atoms with E-state index in [9.17, 15) is 4.79 Å². The Morgan fingerprint density at radius 3 is 2.82 bits per heavy atom. The topological polar surface area (TPSA) is 17.1 Å². The first-order valence-electron chi connectivity index (χ1n) is 8.75. The molecule has 1 nitrogen and oxygen atoms in total. The average Bonchev–Trinajstić information content (AvgIpc) is 2.84. The third-order valence-electron chi connectivity index (χ3n) is 7.38. The van der Waals surface area contributed by atoms with Gasteiger partial charge in [0.15, 0.2) is 5.78 Å². The summed E-state index contributed by atoms with van der Waals surface area (Å²) >= 11 is 0. The second-order valence-corrected chi connectivity index (χ2v) is 8.19. The van der Waals surface area contributed by atoms with E-state index in [1.54, 1.807) is 0 Å². The van der Waals surface area contributed by atoms with Gasteiger partial charge in [-0.05, 0) is 71.5 Å². The molecule has 0 radical (unpaired) electrons. The molecule has 0 saturated heterocycles. The number of rotatable bonds is 1. The summed E-state index contributed by atoms with van der Waals surface area (Å²) in [6.07, 6.45) is 16.6. The van der Waals surface area contributed by atoms with Gasteiger partial charge in [-0.1, -0.05) is 44.7 Å². The Morgan fingerprint density at radius 1 is 1.23 bits per heavy atom. The van der Waals surface area contributed by atoms with E-state index in [4.69, 9.17) is 0 Å². The van der Waals surface area contributed by atoms with E-state index in [0.29, 0.717) is 29.0 Å². The quantitative estimate of drug-likeness (QED) is 0.664. The highest BCUT2D eigenvalue weighted by Crippen LogP contribution is 2.63. The first-order chi connectivity index (χ1) is 10.5. The molecule has 1 heteroatoms. The minimum atomic E-state index is 0.214. The second kappa shape index (κ2) is 4.57. The summed E-state index contributed by atoms with van der Waals surface area (Å²) in [5.41, 5.74) is 3.29. The SMILES string of the molecule is C=CC1=CCC2C3C=CC4=CC(=O)CC[C@]4(C)C3CC[C@]12C. The van der Waals surface area contributed by atoms with Gasteiger partial charge < -0.3 is 0 Å². The van der Waals surface area contributed by atoms with Crippen LogP contribution in [0.5, 0.6) is 0 Å². The highest BCUT2D eigenvalue weighted by atomic mass is 16.1. The lowest BCUT2D eigenvalue weighted by molar-refractivity contribution is -0.116. The Balaban J connectivity index is 1.74. The average molecular weight is 294 g/mol. The largest absolute Gasteiger partial charge is 0.295 e.